The van der Waals surface area contributed by atoms with Crippen molar-refractivity contribution in [3.8, 4) is 6.07 Å². The van der Waals surface area contributed by atoms with E-state index in [1.165, 1.54) is 7.11 Å². The molecule has 0 saturated heterocycles. The summed E-state index contributed by atoms with van der Waals surface area (Å²) in [4.78, 5) is 25.6. The normalized spacial score (nSPS) is 19.3. The minimum absolute atomic E-state index is 0.112. The zero-order chi connectivity index (χ0) is 19.1. The molecule has 0 radical (unpaired) electrons. The number of nitriles is 1. The molecule has 1 atom stereocenters. The number of methoxy groups -OCH3 is 1. The van der Waals surface area contributed by atoms with Crippen LogP contribution in [-0.2, 0) is 25.3 Å². The van der Waals surface area contributed by atoms with Crippen molar-refractivity contribution in [2.24, 2.45) is 0 Å². The third kappa shape index (κ3) is 2.48. The van der Waals surface area contributed by atoms with Crippen LogP contribution in [-0.4, -0.2) is 23.6 Å². The van der Waals surface area contributed by atoms with Crippen molar-refractivity contribution in [1.29, 1.82) is 5.26 Å². The Bertz CT molecular complexity index is 916. The highest BCUT2D eigenvalue weighted by Crippen LogP contribution is 2.47. The summed E-state index contributed by atoms with van der Waals surface area (Å²) in [5.41, 5.74) is -0.264. The lowest BCUT2D eigenvalue weighted by Crippen LogP contribution is -2.46. The van der Waals surface area contributed by atoms with E-state index >= 15 is 0 Å². The SMILES string of the molecule is COC(=O)[C@]1(c2ccccc2)CC(=O)Nc2c1c(C#N)cn2C(C)(C)C. The van der Waals surface area contributed by atoms with Crippen LogP contribution in [0, 0.1) is 11.3 Å². The van der Waals surface area contributed by atoms with E-state index in [9.17, 15) is 14.9 Å². The average Bonchev–Trinajstić information content (AvgIpc) is 3.00. The van der Waals surface area contributed by atoms with E-state index in [1.807, 2.05) is 31.4 Å². The first kappa shape index (κ1) is 17.7. The number of ether oxygens (including phenoxy) is 1. The number of esters is 1. The minimum atomic E-state index is -1.35. The summed E-state index contributed by atoms with van der Waals surface area (Å²) in [6, 6.07) is 11.2. The van der Waals surface area contributed by atoms with Gasteiger partial charge in [0.2, 0.25) is 5.91 Å². The predicted octanol–water partition coefficient (Wildman–Crippen LogP) is 2.92. The molecular formula is C20H21N3O3. The van der Waals surface area contributed by atoms with Gasteiger partial charge in [0.1, 0.15) is 17.3 Å². The highest BCUT2D eigenvalue weighted by molar-refractivity contribution is 6.04. The summed E-state index contributed by atoms with van der Waals surface area (Å²) in [5, 5.41) is 12.6. The first-order valence-electron chi connectivity index (χ1n) is 8.36. The minimum Gasteiger partial charge on any atom is -0.468 e. The third-order valence-corrected chi connectivity index (χ3v) is 4.76. The number of nitrogens with zero attached hydrogens (tertiary/aromatic N) is 2. The maximum atomic E-state index is 13.0. The van der Waals surface area contributed by atoms with E-state index in [0.717, 1.165) is 0 Å². The first-order chi connectivity index (χ1) is 12.3. The number of rotatable bonds is 2. The van der Waals surface area contributed by atoms with Crippen LogP contribution in [0.25, 0.3) is 0 Å². The fourth-order valence-electron chi connectivity index (χ4n) is 3.62. The summed E-state index contributed by atoms with van der Waals surface area (Å²) in [7, 11) is 1.30. The van der Waals surface area contributed by atoms with Gasteiger partial charge in [-0.3, -0.25) is 9.59 Å². The molecule has 2 aromatic rings. The van der Waals surface area contributed by atoms with E-state index in [1.54, 1.807) is 30.5 Å². The lowest BCUT2D eigenvalue weighted by Gasteiger charge is -2.36. The zero-order valence-electron chi connectivity index (χ0n) is 15.3. The highest BCUT2D eigenvalue weighted by Gasteiger charge is 2.52. The van der Waals surface area contributed by atoms with Crippen molar-refractivity contribution in [1.82, 2.24) is 4.57 Å². The van der Waals surface area contributed by atoms with Crippen molar-refractivity contribution in [2.45, 2.75) is 38.1 Å². The molecule has 1 aliphatic heterocycles. The molecule has 26 heavy (non-hydrogen) atoms. The van der Waals surface area contributed by atoms with Crippen molar-refractivity contribution < 1.29 is 14.3 Å². The van der Waals surface area contributed by atoms with Crippen LogP contribution >= 0.6 is 0 Å². The molecular weight excluding hydrogens is 330 g/mol. The molecule has 0 unspecified atom stereocenters. The summed E-state index contributed by atoms with van der Waals surface area (Å²) < 4.78 is 6.94. The first-order valence-corrected chi connectivity index (χ1v) is 8.36. The van der Waals surface area contributed by atoms with Gasteiger partial charge in [0.05, 0.1) is 19.1 Å². The van der Waals surface area contributed by atoms with Crippen LogP contribution in [0.5, 0.6) is 0 Å². The number of hydrogen-bond acceptors (Lipinski definition) is 4. The maximum absolute atomic E-state index is 13.0. The number of nitrogens with one attached hydrogen (secondary N) is 1. The lowest BCUT2D eigenvalue weighted by molar-refractivity contribution is -0.147. The Balaban J connectivity index is 2.44. The number of carbonyl (C=O) groups is 2. The largest absolute Gasteiger partial charge is 0.468 e. The van der Waals surface area contributed by atoms with Gasteiger partial charge in [-0.1, -0.05) is 30.3 Å². The van der Waals surface area contributed by atoms with Crippen LogP contribution in [0.3, 0.4) is 0 Å². The quantitative estimate of drug-likeness (QED) is 0.843. The molecule has 1 aromatic heterocycles. The van der Waals surface area contributed by atoms with Crippen LogP contribution in [0.15, 0.2) is 36.5 Å². The second-order valence-electron chi connectivity index (χ2n) is 7.41. The molecule has 2 heterocycles. The van der Waals surface area contributed by atoms with Crippen molar-refractivity contribution in [2.75, 3.05) is 12.4 Å². The molecule has 1 aromatic carbocycles. The molecule has 3 rings (SSSR count). The topological polar surface area (TPSA) is 84.1 Å². The number of amides is 1. The van der Waals surface area contributed by atoms with Gasteiger partial charge in [-0.05, 0) is 26.3 Å². The van der Waals surface area contributed by atoms with Crippen LogP contribution in [0.2, 0.25) is 0 Å². The molecule has 0 bridgehead atoms. The van der Waals surface area contributed by atoms with Crippen molar-refractivity contribution in [3.63, 3.8) is 0 Å². The molecule has 0 spiro atoms. The number of hydrogen-bond donors (Lipinski definition) is 1. The van der Waals surface area contributed by atoms with Gasteiger partial charge in [0, 0.05) is 17.3 Å². The van der Waals surface area contributed by atoms with Gasteiger partial charge in [0.25, 0.3) is 0 Å². The van der Waals surface area contributed by atoms with Crippen molar-refractivity contribution in [3.05, 3.63) is 53.2 Å². The molecule has 0 aliphatic carbocycles. The molecule has 0 saturated carbocycles. The number of fused-ring (bicyclic) bond motifs is 1. The fourth-order valence-corrected chi connectivity index (χ4v) is 3.62. The third-order valence-electron chi connectivity index (χ3n) is 4.76. The van der Waals surface area contributed by atoms with E-state index in [0.29, 0.717) is 22.5 Å². The molecule has 1 amide bonds. The van der Waals surface area contributed by atoms with E-state index < -0.39 is 11.4 Å². The average molecular weight is 351 g/mol. The highest BCUT2D eigenvalue weighted by atomic mass is 16.5. The Labute approximate surface area is 152 Å². The van der Waals surface area contributed by atoms with Gasteiger partial charge in [-0.2, -0.15) is 5.26 Å². The van der Waals surface area contributed by atoms with Gasteiger partial charge in [-0.25, -0.2) is 0 Å². The number of aromatic nitrogens is 1. The fraction of sp³-hybridized carbons (Fsp3) is 0.350. The predicted molar refractivity (Wildman–Crippen MR) is 96.6 cm³/mol. The molecule has 6 nitrogen and oxygen atoms in total. The van der Waals surface area contributed by atoms with Gasteiger partial charge < -0.3 is 14.6 Å². The van der Waals surface area contributed by atoms with Gasteiger partial charge in [0.15, 0.2) is 0 Å². The Hall–Kier alpha value is -3.07. The summed E-state index contributed by atoms with van der Waals surface area (Å²) in [6.07, 6.45) is 1.58. The maximum Gasteiger partial charge on any atom is 0.321 e. The zero-order valence-corrected chi connectivity index (χ0v) is 15.3. The molecule has 6 heteroatoms. The van der Waals surface area contributed by atoms with Crippen LogP contribution < -0.4 is 5.32 Å². The van der Waals surface area contributed by atoms with Crippen LogP contribution in [0.4, 0.5) is 5.82 Å². The Kier molecular flexibility index (Phi) is 4.11. The molecule has 0 fully saturated rings. The Morgan fingerprint density at radius 1 is 1.31 bits per heavy atom. The van der Waals surface area contributed by atoms with Gasteiger partial charge >= 0.3 is 5.97 Å². The Morgan fingerprint density at radius 3 is 2.50 bits per heavy atom. The van der Waals surface area contributed by atoms with E-state index in [-0.39, 0.29) is 17.9 Å². The molecule has 1 N–H and O–H groups in total. The smallest absolute Gasteiger partial charge is 0.321 e. The van der Waals surface area contributed by atoms with Gasteiger partial charge in [-0.15, -0.1) is 0 Å². The molecule has 1 aliphatic rings. The van der Waals surface area contributed by atoms with E-state index in [4.69, 9.17) is 4.74 Å². The Morgan fingerprint density at radius 2 is 1.96 bits per heavy atom. The summed E-state index contributed by atoms with van der Waals surface area (Å²) >= 11 is 0. The lowest BCUT2D eigenvalue weighted by atomic mass is 9.69. The van der Waals surface area contributed by atoms with Crippen molar-refractivity contribution >= 4 is 17.7 Å². The summed E-state index contributed by atoms with van der Waals surface area (Å²) in [6.45, 7) is 5.91. The molecule has 134 valence electrons. The monoisotopic (exact) mass is 351 g/mol. The van der Waals surface area contributed by atoms with Crippen LogP contribution in [0.1, 0.15) is 43.9 Å². The standard InChI is InChI=1S/C20H21N3O3/c1-19(2,3)23-12-13(11-21)16-17(23)22-15(24)10-20(16,18(25)26-4)14-8-6-5-7-9-14/h5-9,12H,10H2,1-4H3,(H,22,24)/t20-/m0/s1. The number of benzene rings is 1. The number of carbonyl (C=O) groups excluding carboxylic acids is 2. The summed E-state index contributed by atoms with van der Waals surface area (Å²) in [5.74, 6) is -0.373. The van der Waals surface area contributed by atoms with E-state index in [2.05, 4.69) is 11.4 Å². The second-order valence-corrected chi connectivity index (χ2v) is 7.41. The number of anilines is 1. The second kappa shape index (κ2) is 6.03.